The van der Waals surface area contributed by atoms with Crippen LogP contribution in [0.5, 0.6) is 0 Å². The second-order valence-electron chi connectivity index (χ2n) is 17.3. The van der Waals surface area contributed by atoms with Crippen LogP contribution < -0.4 is 5.11 Å². The number of carbonyl (C=O) groups excluding carboxylic acids is 3. The van der Waals surface area contributed by atoms with Crippen molar-refractivity contribution in [1.82, 2.24) is 0 Å². The number of carboxylic acids is 1. The van der Waals surface area contributed by atoms with Crippen LogP contribution in [0.4, 0.5) is 0 Å². The number of hydrogen-bond donors (Lipinski definition) is 0. The summed E-state index contributed by atoms with van der Waals surface area (Å²) in [6.07, 6.45) is 57.5. The Bertz CT molecular complexity index is 1290. The lowest BCUT2D eigenvalue weighted by molar-refractivity contribution is -0.889. The fourth-order valence-electron chi connectivity index (χ4n) is 6.71. The molecular formula is C54H91NO7. The molecular weight excluding hydrogens is 775 g/mol. The third kappa shape index (κ3) is 41.8. The van der Waals surface area contributed by atoms with Gasteiger partial charge in [0.2, 0.25) is 0 Å². The Kier molecular flexibility index (Phi) is 41.6. The normalized spacial score (nSPS) is 13.6. The summed E-state index contributed by atoms with van der Waals surface area (Å²) in [7, 11) is 5.39. The van der Waals surface area contributed by atoms with Gasteiger partial charge in [-0.1, -0.05) is 163 Å². The van der Waals surface area contributed by atoms with Gasteiger partial charge in [-0.15, -0.1) is 0 Å². The number of esters is 2. The predicted molar refractivity (Wildman–Crippen MR) is 258 cm³/mol. The molecule has 0 bridgehead atoms. The van der Waals surface area contributed by atoms with Crippen LogP contribution in [0.25, 0.3) is 0 Å². The molecule has 8 nitrogen and oxygen atoms in total. The number of rotatable bonds is 43. The molecule has 2 unspecified atom stereocenters. The van der Waals surface area contributed by atoms with Crippen molar-refractivity contribution in [3.8, 4) is 0 Å². The first kappa shape index (κ1) is 58.5. The van der Waals surface area contributed by atoms with Crippen molar-refractivity contribution in [2.24, 2.45) is 0 Å². The quantitative estimate of drug-likeness (QED) is 0.0260. The van der Waals surface area contributed by atoms with Crippen molar-refractivity contribution < 1.29 is 38.2 Å². The van der Waals surface area contributed by atoms with Gasteiger partial charge in [0.15, 0.2) is 6.10 Å². The van der Waals surface area contributed by atoms with Gasteiger partial charge in [0.05, 0.1) is 40.3 Å². The van der Waals surface area contributed by atoms with E-state index in [1.807, 2.05) is 0 Å². The second kappa shape index (κ2) is 44.1. The molecule has 354 valence electrons. The molecule has 0 aliphatic heterocycles. The molecule has 0 aromatic rings. The largest absolute Gasteiger partial charge is 0.544 e. The van der Waals surface area contributed by atoms with Gasteiger partial charge in [0, 0.05) is 19.3 Å². The van der Waals surface area contributed by atoms with Crippen LogP contribution in [0.2, 0.25) is 0 Å². The van der Waals surface area contributed by atoms with Gasteiger partial charge in [-0.25, -0.2) is 0 Å². The molecule has 0 saturated carbocycles. The standard InChI is InChI=1S/C54H91NO7/c1-6-8-10-12-14-16-18-20-22-24-25-26-27-28-29-31-32-34-36-38-40-42-44-52(56)61-49-50(48-60-47-46-51(54(58)59)55(3,4)5)62-53(57)45-43-41-39-37-35-33-30-23-21-19-17-15-13-11-9-7-2/h9,11,14-17,20-23,25-26,33,35,50-51H,6-8,10,12-13,18-19,24,27-32,34,36-49H2,1-5H3/b11-9+,16-14+,17-15+,22-20+,23-21+,26-25+,35-33+. The summed E-state index contributed by atoms with van der Waals surface area (Å²) in [4.78, 5) is 37.0. The fraction of sp³-hybridized carbons (Fsp3) is 0.685. The van der Waals surface area contributed by atoms with E-state index in [0.29, 0.717) is 12.8 Å². The zero-order valence-electron chi connectivity index (χ0n) is 40.3. The van der Waals surface area contributed by atoms with Gasteiger partial charge < -0.3 is 28.6 Å². The van der Waals surface area contributed by atoms with Crippen LogP contribution in [0.3, 0.4) is 0 Å². The van der Waals surface area contributed by atoms with Gasteiger partial charge >= 0.3 is 11.9 Å². The zero-order chi connectivity index (χ0) is 45.6. The van der Waals surface area contributed by atoms with Crippen molar-refractivity contribution in [3.05, 3.63) is 85.1 Å². The SMILES string of the molecule is CC/C=C/C/C=C/C/C=C/C/C=C/CCCCCC(=O)OC(COCCC(C(=O)[O-])[N+](C)(C)C)COC(=O)CCCCCCCCCCC/C=C/C/C=C/C/C=C/CCCCC. The Hall–Kier alpha value is -3.49. The highest BCUT2D eigenvalue weighted by Crippen LogP contribution is 2.14. The monoisotopic (exact) mass is 866 g/mol. The molecule has 0 N–H and O–H groups in total. The summed E-state index contributed by atoms with van der Waals surface area (Å²) in [5, 5.41) is 11.7. The van der Waals surface area contributed by atoms with E-state index in [0.717, 1.165) is 83.5 Å². The van der Waals surface area contributed by atoms with Crippen LogP contribution in [0, 0.1) is 0 Å². The number of carbonyl (C=O) groups is 3. The number of aliphatic carboxylic acids is 1. The molecule has 0 radical (unpaired) electrons. The van der Waals surface area contributed by atoms with Crippen LogP contribution in [0.1, 0.15) is 187 Å². The topological polar surface area (TPSA) is 102 Å². The van der Waals surface area contributed by atoms with Crippen molar-refractivity contribution in [2.75, 3.05) is 41.0 Å². The first-order valence-corrected chi connectivity index (χ1v) is 24.6. The fourth-order valence-corrected chi connectivity index (χ4v) is 6.71. The van der Waals surface area contributed by atoms with E-state index in [1.165, 1.54) is 64.2 Å². The van der Waals surface area contributed by atoms with E-state index < -0.39 is 18.1 Å². The highest BCUT2D eigenvalue weighted by atomic mass is 16.6. The molecule has 0 aromatic carbocycles. The minimum absolute atomic E-state index is 0.0215. The Morgan fingerprint density at radius 1 is 0.500 bits per heavy atom. The molecule has 0 saturated heterocycles. The number of hydrogen-bond acceptors (Lipinski definition) is 7. The van der Waals surface area contributed by atoms with Crippen molar-refractivity contribution in [1.29, 1.82) is 0 Å². The van der Waals surface area contributed by atoms with Crippen LogP contribution in [0.15, 0.2) is 85.1 Å². The number of carboxylic acid groups (broad SMARTS) is 1. The molecule has 0 amide bonds. The van der Waals surface area contributed by atoms with E-state index in [4.69, 9.17) is 14.2 Å². The maximum absolute atomic E-state index is 12.7. The summed E-state index contributed by atoms with van der Waals surface area (Å²) in [5.74, 6) is -1.79. The molecule has 0 heterocycles. The lowest BCUT2D eigenvalue weighted by Crippen LogP contribution is -2.55. The molecule has 8 heteroatoms. The van der Waals surface area contributed by atoms with E-state index in [-0.39, 0.29) is 49.1 Å². The summed E-state index contributed by atoms with van der Waals surface area (Å²) in [6.45, 7) is 4.48. The van der Waals surface area contributed by atoms with E-state index in [2.05, 4.69) is 98.9 Å². The maximum atomic E-state index is 12.7. The second-order valence-corrected chi connectivity index (χ2v) is 17.3. The third-order valence-corrected chi connectivity index (χ3v) is 10.5. The predicted octanol–water partition coefficient (Wildman–Crippen LogP) is 12.7. The lowest BCUT2D eigenvalue weighted by Gasteiger charge is -2.34. The molecule has 0 aliphatic carbocycles. The van der Waals surface area contributed by atoms with Crippen LogP contribution in [-0.4, -0.2) is 75.5 Å². The summed E-state index contributed by atoms with van der Waals surface area (Å²) in [6, 6.07) is -0.737. The van der Waals surface area contributed by atoms with Crippen molar-refractivity contribution in [3.63, 3.8) is 0 Å². The number of likely N-dealkylation sites (N-methyl/N-ethyl adjacent to an activating group) is 1. The van der Waals surface area contributed by atoms with Gasteiger partial charge in [0.25, 0.3) is 0 Å². The molecule has 0 fully saturated rings. The Morgan fingerprint density at radius 2 is 0.903 bits per heavy atom. The smallest absolute Gasteiger partial charge is 0.306 e. The summed E-state index contributed by atoms with van der Waals surface area (Å²) in [5.41, 5.74) is 0. The van der Waals surface area contributed by atoms with Crippen LogP contribution >= 0.6 is 0 Å². The van der Waals surface area contributed by atoms with E-state index in [9.17, 15) is 19.5 Å². The highest BCUT2D eigenvalue weighted by molar-refractivity contribution is 5.70. The molecule has 2 atom stereocenters. The van der Waals surface area contributed by atoms with Crippen molar-refractivity contribution >= 4 is 17.9 Å². The summed E-state index contributed by atoms with van der Waals surface area (Å²) >= 11 is 0. The minimum atomic E-state index is -1.13. The maximum Gasteiger partial charge on any atom is 0.306 e. The first-order chi connectivity index (χ1) is 30.1. The Balaban J connectivity index is 4.32. The van der Waals surface area contributed by atoms with Crippen LogP contribution in [-0.2, 0) is 28.6 Å². The number of unbranched alkanes of at least 4 members (excludes halogenated alkanes) is 15. The number of quaternary nitrogens is 1. The van der Waals surface area contributed by atoms with Crippen molar-refractivity contribution in [2.45, 2.75) is 199 Å². The van der Waals surface area contributed by atoms with Gasteiger partial charge in [-0.2, -0.15) is 0 Å². The number of allylic oxidation sites excluding steroid dienone is 14. The average molecular weight is 866 g/mol. The highest BCUT2D eigenvalue weighted by Gasteiger charge is 2.25. The molecule has 0 spiro atoms. The molecule has 0 rings (SSSR count). The lowest BCUT2D eigenvalue weighted by atomic mass is 10.1. The first-order valence-electron chi connectivity index (χ1n) is 24.6. The molecule has 0 aliphatic rings. The van der Waals surface area contributed by atoms with Gasteiger partial charge in [-0.3, -0.25) is 9.59 Å². The average Bonchev–Trinajstić information content (AvgIpc) is 3.23. The zero-order valence-corrected chi connectivity index (χ0v) is 40.3. The van der Waals surface area contributed by atoms with Gasteiger partial charge in [-0.05, 0) is 89.9 Å². The minimum Gasteiger partial charge on any atom is -0.544 e. The third-order valence-electron chi connectivity index (χ3n) is 10.5. The molecule has 62 heavy (non-hydrogen) atoms. The Labute approximate surface area is 380 Å². The van der Waals surface area contributed by atoms with E-state index >= 15 is 0 Å². The molecule has 0 aromatic heterocycles. The Morgan fingerprint density at radius 3 is 1.35 bits per heavy atom. The van der Waals surface area contributed by atoms with E-state index in [1.54, 1.807) is 21.1 Å². The number of ether oxygens (including phenoxy) is 3. The van der Waals surface area contributed by atoms with Gasteiger partial charge in [0.1, 0.15) is 12.6 Å². The summed E-state index contributed by atoms with van der Waals surface area (Å²) < 4.78 is 17.2. The number of nitrogens with zero attached hydrogens (tertiary/aromatic N) is 1.